The Balaban J connectivity index is 1.60. The summed E-state index contributed by atoms with van der Waals surface area (Å²) in [4.78, 5) is 16.4. The van der Waals surface area contributed by atoms with Crippen LogP contribution < -0.4 is 0 Å². The lowest BCUT2D eigenvalue weighted by atomic mass is 10.0. The van der Waals surface area contributed by atoms with Gasteiger partial charge >= 0.3 is 0 Å². The van der Waals surface area contributed by atoms with Gasteiger partial charge in [0.2, 0.25) is 5.91 Å². The Morgan fingerprint density at radius 1 is 1.33 bits per heavy atom. The molecule has 2 aliphatic rings. The van der Waals surface area contributed by atoms with E-state index in [1.807, 2.05) is 24.1 Å². The van der Waals surface area contributed by atoms with Gasteiger partial charge in [-0.15, -0.1) is 0 Å². The molecule has 3 rings (SSSR count). The van der Waals surface area contributed by atoms with Crippen LogP contribution in [0.25, 0.3) is 0 Å². The number of hydrogen-bond donors (Lipinski definition) is 0. The lowest BCUT2D eigenvalue weighted by Crippen LogP contribution is -2.48. The summed E-state index contributed by atoms with van der Waals surface area (Å²) in [6.07, 6.45) is 4.23. The fourth-order valence-corrected chi connectivity index (χ4v) is 3.16. The monoisotopic (exact) mass is 290 g/mol. The standard InChI is InChI=1S/C17H23FN2O/c1-19(17(21)13-8-9-13)15-6-4-10-20(12-15)11-14-5-2-3-7-16(14)18/h2-3,5,7,13,15H,4,6,8-12H2,1H3. The molecular weight excluding hydrogens is 267 g/mol. The number of carbonyl (C=O) groups excluding carboxylic acids is 1. The van der Waals surface area contributed by atoms with Crippen LogP contribution in [0.1, 0.15) is 31.2 Å². The minimum absolute atomic E-state index is 0.137. The summed E-state index contributed by atoms with van der Waals surface area (Å²) >= 11 is 0. The molecule has 1 saturated heterocycles. The van der Waals surface area contributed by atoms with E-state index >= 15 is 0 Å². The smallest absolute Gasteiger partial charge is 0.225 e. The first-order valence-corrected chi connectivity index (χ1v) is 7.87. The molecule has 1 unspecified atom stereocenters. The highest BCUT2D eigenvalue weighted by Crippen LogP contribution is 2.32. The second-order valence-electron chi connectivity index (χ2n) is 6.35. The molecule has 2 fully saturated rings. The normalized spacial score (nSPS) is 23.0. The van der Waals surface area contributed by atoms with Crippen molar-refractivity contribution in [3.8, 4) is 0 Å². The average Bonchev–Trinajstić information content (AvgIpc) is 3.33. The van der Waals surface area contributed by atoms with E-state index in [2.05, 4.69) is 4.90 Å². The van der Waals surface area contributed by atoms with E-state index in [1.54, 1.807) is 6.07 Å². The topological polar surface area (TPSA) is 23.6 Å². The van der Waals surface area contributed by atoms with E-state index < -0.39 is 0 Å². The molecule has 0 bridgehead atoms. The Morgan fingerprint density at radius 2 is 2.10 bits per heavy atom. The van der Waals surface area contributed by atoms with Gasteiger partial charge < -0.3 is 4.90 Å². The molecule has 4 heteroatoms. The van der Waals surface area contributed by atoms with Gasteiger partial charge in [-0.1, -0.05) is 18.2 Å². The van der Waals surface area contributed by atoms with E-state index in [4.69, 9.17) is 0 Å². The molecule has 1 saturated carbocycles. The minimum Gasteiger partial charge on any atom is -0.341 e. The third kappa shape index (κ3) is 3.43. The van der Waals surface area contributed by atoms with Crippen molar-refractivity contribution in [1.29, 1.82) is 0 Å². The highest BCUT2D eigenvalue weighted by molar-refractivity contribution is 5.81. The lowest BCUT2D eigenvalue weighted by Gasteiger charge is -2.37. The Hall–Kier alpha value is -1.42. The van der Waals surface area contributed by atoms with Crippen LogP contribution in [0, 0.1) is 11.7 Å². The highest BCUT2D eigenvalue weighted by atomic mass is 19.1. The maximum absolute atomic E-state index is 13.8. The molecule has 0 radical (unpaired) electrons. The zero-order valence-corrected chi connectivity index (χ0v) is 12.6. The number of carbonyl (C=O) groups is 1. The van der Waals surface area contributed by atoms with Crippen LogP contribution in [-0.4, -0.2) is 41.9 Å². The van der Waals surface area contributed by atoms with Crippen LogP contribution >= 0.6 is 0 Å². The summed E-state index contributed by atoms with van der Waals surface area (Å²) in [5, 5.41) is 0. The molecule has 1 aromatic carbocycles. The van der Waals surface area contributed by atoms with Gasteiger partial charge in [0.25, 0.3) is 0 Å². The fourth-order valence-electron chi connectivity index (χ4n) is 3.16. The van der Waals surface area contributed by atoms with Crippen molar-refractivity contribution < 1.29 is 9.18 Å². The molecule has 1 aliphatic carbocycles. The average molecular weight is 290 g/mol. The van der Waals surface area contributed by atoms with Crippen LogP contribution in [0.5, 0.6) is 0 Å². The SMILES string of the molecule is CN(C(=O)C1CC1)C1CCCN(Cc2ccccc2F)C1. The van der Waals surface area contributed by atoms with Gasteiger partial charge in [-0.3, -0.25) is 9.69 Å². The van der Waals surface area contributed by atoms with Crippen molar-refractivity contribution in [1.82, 2.24) is 9.80 Å². The number of likely N-dealkylation sites (N-methyl/N-ethyl adjacent to an activating group) is 1. The first-order chi connectivity index (χ1) is 10.1. The number of piperidine rings is 1. The van der Waals surface area contributed by atoms with Crippen molar-refractivity contribution in [2.45, 2.75) is 38.3 Å². The quantitative estimate of drug-likeness (QED) is 0.851. The van der Waals surface area contributed by atoms with E-state index in [0.29, 0.717) is 12.5 Å². The second-order valence-corrected chi connectivity index (χ2v) is 6.35. The Kier molecular flexibility index (Phi) is 4.24. The summed E-state index contributed by atoms with van der Waals surface area (Å²) < 4.78 is 13.8. The van der Waals surface area contributed by atoms with E-state index in [1.165, 1.54) is 6.07 Å². The van der Waals surface area contributed by atoms with E-state index in [0.717, 1.165) is 44.3 Å². The molecule has 0 aromatic heterocycles. The molecule has 114 valence electrons. The van der Waals surface area contributed by atoms with Gasteiger partial charge in [0.1, 0.15) is 5.82 Å². The molecule has 1 heterocycles. The van der Waals surface area contributed by atoms with E-state index in [-0.39, 0.29) is 17.8 Å². The molecule has 21 heavy (non-hydrogen) atoms. The maximum Gasteiger partial charge on any atom is 0.225 e. The van der Waals surface area contributed by atoms with Crippen molar-refractivity contribution >= 4 is 5.91 Å². The Bertz CT molecular complexity index is 515. The number of halogens is 1. The maximum atomic E-state index is 13.8. The Labute approximate surface area is 125 Å². The molecular formula is C17H23FN2O. The number of amides is 1. The third-order valence-electron chi connectivity index (χ3n) is 4.65. The summed E-state index contributed by atoms with van der Waals surface area (Å²) in [5.74, 6) is 0.437. The molecule has 0 N–H and O–H groups in total. The first-order valence-electron chi connectivity index (χ1n) is 7.87. The number of hydrogen-bond acceptors (Lipinski definition) is 2. The van der Waals surface area contributed by atoms with Gasteiger partial charge in [0, 0.05) is 37.7 Å². The summed E-state index contributed by atoms with van der Waals surface area (Å²) in [5.41, 5.74) is 0.745. The van der Waals surface area contributed by atoms with Crippen molar-refractivity contribution in [3.63, 3.8) is 0 Å². The number of rotatable bonds is 4. The third-order valence-corrected chi connectivity index (χ3v) is 4.65. The number of benzene rings is 1. The van der Waals surface area contributed by atoms with Crippen molar-refractivity contribution in [3.05, 3.63) is 35.6 Å². The minimum atomic E-state index is -0.137. The summed E-state index contributed by atoms with van der Waals surface area (Å²) in [6, 6.07) is 7.23. The number of likely N-dealkylation sites (tertiary alicyclic amines) is 1. The molecule has 0 spiro atoms. The molecule has 1 aromatic rings. The molecule has 3 nitrogen and oxygen atoms in total. The van der Waals surface area contributed by atoms with Crippen molar-refractivity contribution in [2.75, 3.05) is 20.1 Å². The molecule has 1 aliphatic heterocycles. The Morgan fingerprint density at radius 3 is 2.81 bits per heavy atom. The zero-order chi connectivity index (χ0) is 14.8. The van der Waals surface area contributed by atoms with Gasteiger partial charge in [0.15, 0.2) is 0 Å². The summed E-state index contributed by atoms with van der Waals surface area (Å²) in [7, 11) is 1.93. The predicted octanol–water partition coefficient (Wildman–Crippen LogP) is 2.66. The zero-order valence-electron chi connectivity index (χ0n) is 12.6. The van der Waals surface area contributed by atoms with Crippen LogP contribution in [-0.2, 0) is 11.3 Å². The van der Waals surface area contributed by atoms with Gasteiger partial charge in [0.05, 0.1) is 0 Å². The van der Waals surface area contributed by atoms with Gasteiger partial charge in [-0.05, 0) is 38.3 Å². The lowest BCUT2D eigenvalue weighted by molar-refractivity contribution is -0.134. The van der Waals surface area contributed by atoms with Crippen molar-refractivity contribution in [2.24, 2.45) is 5.92 Å². The van der Waals surface area contributed by atoms with Crippen LogP contribution in [0.4, 0.5) is 4.39 Å². The highest BCUT2D eigenvalue weighted by Gasteiger charge is 2.35. The second kappa shape index (κ2) is 6.14. The fraction of sp³-hybridized carbons (Fsp3) is 0.588. The van der Waals surface area contributed by atoms with Crippen LogP contribution in [0.15, 0.2) is 24.3 Å². The first kappa shape index (κ1) is 14.5. The number of nitrogens with zero attached hydrogens (tertiary/aromatic N) is 2. The van der Waals surface area contributed by atoms with Crippen LogP contribution in [0.3, 0.4) is 0 Å². The largest absolute Gasteiger partial charge is 0.341 e. The van der Waals surface area contributed by atoms with Gasteiger partial charge in [-0.2, -0.15) is 0 Å². The molecule has 1 amide bonds. The van der Waals surface area contributed by atoms with E-state index in [9.17, 15) is 9.18 Å². The predicted molar refractivity (Wildman–Crippen MR) is 80.2 cm³/mol. The molecule has 1 atom stereocenters. The van der Waals surface area contributed by atoms with Crippen LogP contribution in [0.2, 0.25) is 0 Å². The van der Waals surface area contributed by atoms with Gasteiger partial charge in [-0.25, -0.2) is 4.39 Å². The summed E-state index contributed by atoms with van der Waals surface area (Å²) in [6.45, 7) is 2.47.